The summed E-state index contributed by atoms with van der Waals surface area (Å²) in [6.45, 7) is 8.79. The average Bonchev–Trinajstić information content (AvgIpc) is 2.47. The van der Waals surface area contributed by atoms with Gasteiger partial charge in [0, 0.05) is 11.4 Å². The highest BCUT2D eigenvalue weighted by Crippen LogP contribution is 2.28. The van der Waals surface area contributed by atoms with E-state index in [0.29, 0.717) is 5.41 Å². The molecule has 1 rings (SSSR count). The van der Waals surface area contributed by atoms with Crippen molar-refractivity contribution < 1.29 is 0 Å². The molecule has 0 radical (unpaired) electrons. The molecule has 0 aromatic carbocycles. The summed E-state index contributed by atoms with van der Waals surface area (Å²) >= 11 is 7.58. The van der Waals surface area contributed by atoms with Crippen molar-refractivity contribution >= 4 is 22.9 Å². The van der Waals surface area contributed by atoms with E-state index in [-0.39, 0.29) is 0 Å². The Hall–Kier alpha value is -0.0500. The van der Waals surface area contributed by atoms with E-state index in [9.17, 15) is 0 Å². The second-order valence-electron chi connectivity index (χ2n) is 4.33. The Morgan fingerprint density at radius 3 is 2.64 bits per heavy atom. The lowest BCUT2D eigenvalue weighted by Crippen LogP contribution is -2.30. The summed E-state index contributed by atoms with van der Waals surface area (Å²) in [5, 5.41) is 3.39. The lowest BCUT2D eigenvalue weighted by Gasteiger charge is -2.24. The van der Waals surface area contributed by atoms with E-state index in [1.54, 1.807) is 11.3 Å². The largest absolute Gasteiger partial charge is 0.316 e. The van der Waals surface area contributed by atoms with E-state index in [1.807, 2.05) is 6.07 Å². The van der Waals surface area contributed by atoms with Crippen LogP contribution in [0.4, 0.5) is 0 Å². The first-order valence-corrected chi connectivity index (χ1v) is 6.18. The van der Waals surface area contributed by atoms with Crippen molar-refractivity contribution in [3.05, 3.63) is 21.3 Å². The minimum absolute atomic E-state index is 0.310. The van der Waals surface area contributed by atoms with Crippen LogP contribution in [0.5, 0.6) is 0 Å². The van der Waals surface area contributed by atoms with Crippen LogP contribution in [0.25, 0.3) is 0 Å². The van der Waals surface area contributed by atoms with Gasteiger partial charge in [-0.25, -0.2) is 0 Å². The van der Waals surface area contributed by atoms with Crippen LogP contribution in [0.15, 0.2) is 12.1 Å². The predicted molar refractivity (Wildman–Crippen MR) is 65.4 cm³/mol. The molecule has 14 heavy (non-hydrogen) atoms. The summed E-state index contributed by atoms with van der Waals surface area (Å²) < 4.78 is 0.888. The fourth-order valence-corrected chi connectivity index (χ4v) is 2.79. The molecular formula is C11H18ClNS. The molecule has 0 aliphatic carbocycles. The van der Waals surface area contributed by atoms with Crippen LogP contribution in [-0.4, -0.2) is 13.1 Å². The van der Waals surface area contributed by atoms with Crippen molar-refractivity contribution in [1.29, 1.82) is 0 Å². The first-order valence-electron chi connectivity index (χ1n) is 4.98. The molecule has 0 bridgehead atoms. The zero-order valence-electron chi connectivity index (χ0n) is 9.06. The molecule has 0 aliphatic heterocycles. The number of nitrogens with one attached hydrogen (secondary N) is 1. The van der Waals surface area contributed by atoms with Crippen LogP contribution < -0.4 is 5.32 Å². The number of thiophene rings is 1. The Labute approximate surface area is 95.5 Å². The highest BCUT2D eigenvalue weighted by Gasteiger charge is 2.18. The molecule has 1 N–H and O–H groups in total. The lowest BCUT2D eigenvalue weighted by atomic mass is 9.88. The summed E-state index contributed by atoms with van der Waals surface area (Å²) in [5.74, 6) is 0. The van der Waals surface area contributed by atoms with Crippen LogP contribution in [0.1, 0.15) is 25.6 Å². The van der Waals surface area contributed by atoms with Crippen molar-refractivity contribution in [2.45, 2.75) is 27.2 Å². The van der Waals surface area contributed by atoms with E-state index in [4.69, 9.17) is 11.6 Å². The normalized spacial score (nSPS) is 12.0. The molecule has 0 saturated heterocycles. The van der Waals surface area contributed by atoms with Crippen LogP contribution in [0, 0.1) is 5.41 Å². The van der Waals surface area contributed by atoms with Gasteiger partial charge in [-0.1, -0.05) is 32.4 Å². The molecule has 3 heteroatoms. The Bertz CT molecular complexity index is 281. The van der Waals surface area contributed by atoms with Gasteiger partial charge in [-0.05, 0) is 30.5 Å². The Balaban J connectivity index is 2.49. The third-order valence-corrected chi connectivity index (χ3v) is 3.37. The Morgan fingerprint density at radius 1 is 1.43 bits per heavy atom. The fraction of sp³-hybridized carbons (Fsp3) is 0.636. The van der Waals surface area contributed by atoms with Gasteiger partial charge in [0.05, 0.1) is 4.34 Å². The number of halogens is 1. The number of rotatable bonds is 5. The standard InChI is InChI=1S/C11H18ClNS/c1-4-13-8-11(2,3)7-9-5-6-10(12)14-9/h5-6,13H,4,7-8H2,1-3H3. The van der Waals surface area contributed by atoms with Gasteiger partial charge < -0.3 is 5.32 Å². The maximum Gasteiger partial charge on any atom is 0.0931 e. The van der Waals surface area contributed by atoms with Crippen molar-refractivity contribution in [2.24, 2.45) is 5.41 Å². The molecule has 0 spiro atoms. The van der Waals surface area contributed by atoms with Gasteiger partial charge in [-0.3, -0.25) is 0 Å². The monoisotopic (exact) mass is 231 g/mol. The van der Waals surface area contributed by atoms with Gasteiger partial charge in [0.15, 0.2) is 0 Å². The Morgan fingerprint density at radius 2 is 2.14 bits per heavy atom. The van der Waals surface area contributed by atoms with E-state index in [1.165, 1.54) is 4.88 Å². The molecule has 0 aliphatic rings. The molecule has 1 nitrogen and oxygen atoms in total. The maximum atomic E-state index is 5.90. The fourth-order valence-electron chi connectivity index (χ4n) is 1.44. The van der Waals surface area contributed by atoms with Crippen molar-refractivity contribution in [3.8, 4) is 0 Å². The third kappa shape index (κ3) is 3.99. The average molecular weight is 232 g/mol. The zero-order valence-corrected chi connectivity index (χ0v) is 10.6. The SMILES string of the molecule is CCNCC(C)(C)Cc1ccc(Cl)s1. The Kier molecular flexibility index (Phi) is 4.42. The minimum Gasteiger partial charge on any atom is -0.316 e. The summed E-state index contributed by atoms with van der Waals surface area (Å²) in [6, 6.07) is 4.10. The molecule has 1 aromatic heterocycles. The lowest BCUT2D eigenvalue weighted by molar-refractivity contribution is 0.344. The van der Waals surface area contributed by atoms with Crippen molar-refractivity contribution in [3.63, 3.8) is 0 Å². The molecule has 80 valence electrons. The molecule has 0 saturated carbocycles. The van der Waals surface area contributed by atoms with Gasteiger partial charge in [-0.2, -0.15) is 0 Å². The van der Waals surface area contributed by atoms with E-state index < -0.39 is 0 Å². The highest BCUT2D eigenvalue weighted by molar-refractivity contribution is 7.16. The highest BCUT2D eigenvalue weighted by atomic mass is 35.5. The van der Waals surface area contributed by atoms with E-state index in [0.717, 1.165) is 23.8 Å². The van der Waals surface area contributed by atoms with Crippen LogP contribution in [0.2, 0.25) is 4.34 Å². The summed E-state index contributed by atoms with van der Waals surface area (Å²) in [5.41, 5.74) is 0.310. The zero-order chi connectivity index (χ0) is 10.6. The third-order valence-electron chi connectivity index (χ3n) is 2.14. The van der Waals surface area contributed by atoms with Crippen LogP contribution in [0.3, 0.4) is 0 Å². The maximum absolute atomic E-state index is 5.90. The van der Waals surface area contributed by atoms with E-state index in [2.05, 4.69) is 32.2 Å². The molecule has 0 amide bonds. The number of hydrogen-bond donors (Lipinski definition) is 1. The molecule has 0 atom stereocenters. The van der Waals surface area contributed by atoms with Gasteiger partial charge in [0.2, 0.25) is 0 Å². The molecule has 1 aromatic rings. The van der Waals surface area contributed by atoms with Crippen LogP contribution in [-0.2, 0) is 6.42 Å². The predicted octanol–water partition coefficient (Wildman–Crippen LogP) is 3.58. The second kappa shape index (κ2) is 5.15. The summed E-state index contributed by atoms with van der Waals surface area (Å²) in [7, 11) is 0. The topological polar surface area (TPSA) is 12.0 Å². The van der Waals surface area contributed by atoms with Crippen molar-refractivity contribution in [1.82, 2.24) is 5.32 Å². The molecule has 0 unspecified atom stereocenters. The summed E-state index contributed by atoms with van der Waals surface area (Å²) in [6.07, 6.45) is 1.09. The van der Waals surface area contributed by atoms with Gasteiger partial charge in [0.25, 0.3) is 0 Å². The van der Waals surface area contributed by atoms with Gasteiger partial charge in [-0.15, -0.1) is 11.3 Å². The van der Waals surface area contributed by atoms with E-state index >= 15 is 0 Å². The molecule has 1 heterocycles. The minimum atomic E-state index is 0.310. The van der Waals surface area contributed by atoms with Gasteiger partial charge >= 0.3 is 0 Å². The number of hydrogen-bond acceptors (Lipinski definition) is 2. The first kappa shape index (κ1) is 12.0. The second-order valence-corrected chi connectivity index (χ2v) is 6.13. The first-order chi connectivity index (χ1) is 6.53. The van der Waals surface area contributed by atoms with Crippen molar-refractivity contribution in [2.75, 3.05) is 13.1 Å². The van der Waals surface area contributed by atoms with Crippen LogP contribution >= 0.6 is 22.9 Å². The summed E-state index contributed by atoms with van der Waals surface area (Å²) in [4.78, 5) is 1.37. The smallest absolute Gasteiger partial charge is 0.0931 e. The molecular weight excluding hydrogens is 214 g/mol. The van der Waals surface area contributed by atoms with Gasteiger partial charge in [0.1, 0.15) is 0 Å². The molecule has 0 fully saturated rings. The quantitative estimate of drug-likeness (QED) is 0.817.